The van der Waals surface area contributed by atoms with Gasteiger partial charge in [0.15, 0.2) is 0 Å². The second kappa shape index (κ2) is 3.71. The van der Waals surface area contributed by atoms with Gasteiger partial charge in [0.05, 0.1) is 5.56 Å². The molecule has 2 rings (SSSR count). The van der Waals surface area contributed by atoms with E-state index in [1.54, 1.807) is 12.1 Å². The van der Waals surface area contributed by atoms with Crippen molar-refractivity contribution in [3.05, 3.63) is 33.3 Å². The van der Waals surface area contributed by atoms with Crippen LogP contribution in [-0.2, 0) is 13.0 Å². The molecule has 0 unspecified atom stereocenters. The van der Waals surface area contributed by atoms with Gasteiger partial charge in [0.25, 0.3) is 0 Å². The normalized spacial score (nSPS) is 14.9. The predicted octanol–water partition coefficient (Wildman–Crippen LogP) is 1.79. The highest BCUT2D eigenvalue weighted by atomic mass is 79.9. The summed E-state index contributed by atoms with van der Waals surface area (Å²) in [4.78, 5) is 10.8. The Hall–Kier alpha value is -0.870. The summed E-state index contributed by atoms with van der Waals surface area (Å²) in [7, 11) is 0. The lowest BCUT2D eigenvalue weighted by molar-refractivity contribution is 0.0696. The molecule has 0 fully saturated rings. The number of carboxylic acids is 1. The number of carbonyl (C=O) groups is 1. The second-order valence-electron chi connectivity index (χ2n) is 3.33. The Balaban J connectivity index is 2.51. The second-order valence-corrected chi connectivity index (χ2v) is 4.18. The minimum Gasteiger partial charge on any atom is -0.478 e. The molecule has 0 saturated carbocycles. The van der Waals surface area contributed by atoms with Gasteiger partial charge in [0, 0.05) is 11.0 Å². The fourth-order valence-corrected chi connectivity index (χ4v) is 2.32. The van der Waals surface area contributed by atoms with E-state index < -0.39 is 5.97 Å². The van der Waals surface area contributed by atoms with Crippen LogP contribution in [0.4, 0.5) is 0 Å². The molecule has 0 atom stereocenters. The molecule has 2 N–H and O–H groups in total. The number of rotatable bonds is 1. The molecule has 4 heteroatoms. The van der Waals surface area contributed by atoms with Gasteiger partial charge < -0.3 is 10.4 Å². The van der Waals surface area contributed by atoms with Crippen molar-refractivity contribution in [2.24, 2.45) is 0 Å². The summed E-state index contributed by atoms with van der Waals surface area (Å²) in [5.74, 6) is -0.868. The number of hydrogen-bond acceptors (Lipinski definition) is 2. The first-order chi connectivity index (χ1) is 6.68. The number of fused-ring (bicyclic) bond motifs is 1. The van der Waals surface area contributed by atoms with Crippen molar-refractivity contribution in [1.82, 2.24) is 5.32 Å². The van der Waals surface area contributed by atoms with E-state index >= 15 is 0 Å². The van der Waals surface area contributed by atoms with Crippen molar-refractivity contribution in [2.75, 3.05) is 6.54 Å². The third kappa shape index (κ3) is 1.67. The van der Waals surface area contributed by atoms with E-state index in [4.69, 9.17) is 5.11 Å². The predicted molar refractivity (Wildman–Crippen MR) is 56.5 cm³/mol. The fraction of sp³-hybridized carbons (Fsp3) is 0.300. The van der Waals surface area contributed by atoms with Crippen LogP contribution < -0.4 is 5.32 Å². The SMILES string of the molecule is O=C(O)c1cc(Br)c2c(c1)CCNC2. The molecule has 0 radical (unpaired) electrons. The van der Waals surface area contributed by atoms with Crippen LogP contribution in [0.2, 0.25) is 0 Å². The van der Waals surface area contributed by atoms with E-state index in [0.29, 0.717) is 5.56 Å². The van der Waals surface area contributed by atoms with Gasteiger partial charge in [-0.15, -0.1) is 0 Å². The molecule has 0 aliphatic carbocycles. The van der Waals surface area contributed by atoms with E-state index in [1.807, 2.05) is 0 Å². The van der Waals surface area contributed by atoms with Crippen LogP contribution in [0.15, 0.2) is 16.6 Å². The maximum atomic E-state index is 10.8. The first-order valence-electron chi connectivity index (χ1n) is 4.44. The summed E-state index contributed by atoms with van der Waals surface area (Å²) in [5, 5.41) is 12.1. The Morgan fingerprint density at radius 1 is 1.50 bits per heavy atom. The van der Waals surface area contributed by atoms with Crippen molar-refractivity contribution in [3.63, 3.8) is 0 Å². The average molecular weight is 256 g/mol. The molecule has 1 aliphatic rings. The maximum absolute atomic E-state index is 10.8. The van der Waals surface area contributed by atoms with Crippen LogP contribution in [0.3, 0.4) is 0 Å². The van der Waals surface area contributed by atoms with Gasteiger partial charge in [-0.3, -0.25) is 0 Å². The Labute approximate surface area is 90.3 Å². The molecule has 1 aromatic carbocycles. The number of carboxylic acid groups (broad SMARTS) is 1. The van der Waals surface area contributed by atoms with Gasteiger partial charge >= 0.3 is 5.97 Å². The molecule has 0 bridgehead atoms. The van der Waals surface area contributed by atoms with Gasteiger partial charge in [0.2, 0.25) is 0 Å². The van der Waals surface area contributed by atoms with E-state index in [0.717, 1.165) is 29.5 Å². The highest BCUT2D eigenvalue weighted by Crippen LogP contribution is 2.25. The van der Waals surface area contributed by atoms with Crippen LogP contribution >= 0.6 is 15.9 Å². The first kappa shape index (κ1) is 9.68. The standard InChI is InChI=1S/C10H10BrNO2/c11-9-4-7(10(13)14)3-6-1-2-12-5-8(6)9/h3-4,12H,1-2,5H2,(H,13,14). The number of aromatic carboxylic acids is 1. The lowest BCUT2D eigenvalue weighted by atomic mass is 9.98. The highest BCUT2D eigenvalue weighted by molar-refractivity contribution is 9.10. The average Bonchev–Trinajstić information content (AvgIpc) is 2.17. The Morgan fingerprint density at radius 2 is 2.29 bits per heavy atom. The summed E-state index contributed by atoms with van der Waals surface area (Å²) >= 11 is 3.40. The minimum atomic E-state index is -0.868. The Morgan fingerprint density at radius 3 is 3.00 bits per heavy atom. The topological polar surface area (TPSA) is 49.3 Å². The summed E-state index contributed by atoms with van der Waals surface area (Å²) in [5.41, 5.74) is 2.68. The monoisotopic (exact) mass is 255 g/mol. The van der Waals surface area contributed by atoms with Crippen LogP contribution in [0, 0.1) is 0 Å². The van der Waals surface area contributed by atoms with Gasteiger partial charge in [-0.05, 0) is 36.2 Å². The molecule has 1 aromatic rings. The Bertz CT molecular complexity index is 390. The molecule has 0 amide bonds. The molecular formula is C10H10BrNO2. The summed E-state index contributed by atoms with van der Waals surface area (Å²) in [6, 6.07) is 3.43. The summed E-state index contributed by atoms with van der Waals surface area (Å²) in [6.45, 7) is 1.73. The van der Waals surface area contributed by atoms with Crippen LogP contribution in [0.5, 0.6) is 0 Å². The Kier molecular flexibility index (Phi) is 2.56. The van der Waals surface area contributed by atoms with Crippen LogP contribution in [0.1, 0.15) is 21.5 Å². The number of nitrogens with one attached hydrogen (secondary N) is 1. The van der Waals surface area contributed by atoms with Crippen molar-refractivity contribution < 1.29 is 9.90 Å². The number of benzene rings is 1. The number of hydrogen-bond donors (Lipinski definition) is 2. The van der Waals surface area contributed by atoms with Gasteiger partial charge in [0.1, 0.15) is 0 Å². The largest absolute Gasteiger partial charge is 0.478 e. The minimum absolute atomic E-state index is 0.359. The molecule has 0 spiro atoms. The lowest BCUT2D eigenvalue weighted by Crippen LogP contribution is -2.24. The smallest absolute Gasteiger partial charge is 0.335 e. The molecule has 0 saturated heterocycles. The summed E-state index contributed by atoms with van der Waals surface area (Å²) in [6.07, 6.45) is 0.898. The zero-order valence-corrected chi connectivity index (χ0v) is 9.10. The molecular weight excluding hydrogens is 246 g/mol. The van der Waals surface area contributed by atoms with Gasteiger partial charge in [-0.1, -0.05) is 15.9 Å². The molecule has 1 aliphatic heterocycles. The third-order valence-electron chi connectivity index (χ3n) is 2.41. The molecule has 74 valence electrons. The third-order valence-corrected chi connectivity index (χ3v) is 3.12. The van der Waals surface area contributed by atoms with E-state index in [-0.39, 0.29) is 0 Å². The van der Waals surface area contributed by atoms with E-state index in [1.165, 1.54) is 5.56 Å². The van der Waals surface area contributed by atoms with Gasteiger partial charge in [-0.25, -0.2) is 4.79 Å². The van der Waals surface area contributed by atoms with E-state index in [9.17, 15) is 4.79 Å². The quantitative estimate of drug-likeness (QED) is 0.805. The molecule has 1 heterocycles. The van der Waals surface area contributed by atoms with Crippen molar-refractivity contribution >= 4 is 21.9 Å². The first-order valence-corrected chi connectivity index (χ1v) is 5.23. The maximum Gasteiger partial charge on any atom is 0.335 e. The van der Waals surface area contributed by atoms with Crippen molar-refractivity contribution in [1.29, 1.82) is 0 Å². The van der Waals surface area contributed by atoms with Crippen LogP contribution in [-0.4, -0.2) is 17.6 Å². The van der Waals surface area contributed by atoms with Crippen molar-refractivity contribution in [2.45, 2.75) is 13.0 Å². The highest BCUT2D eigenvalue weighted by Gasteiger charge is 2.15. The van der Waals surface area contributed by atoms with E-state index in [2.05, 4.69) is 21.2 Å². The fourth-order valence-electron chi connectivity index (χ4n) is 1.67. The zero-order chi connectivity index (χ0) is 10.1. The lowest BCUT2D eigenvalue weighted by Gasteiger charge is -2.18. The summed E-state index contributed by atoms with van der Waals surface area (Å²) < 4.78 is 0.889. The molecule has 14 heavy (non-hydrogen) atoms. The van der Waals surface area contributed by atoms with Gasteiger partial charge in [-0.2, -0.15) is 0 Å². The molecule has 0 aromatic heterocycles. The number of halogens is 1. The van der Waals surface area contributed by atoms with Crippen LogP contribution in [0.25, 0.3) is 0 Å². The zero-order valence-electron chi connectivity index (χ0n) is 7.51. The van der Waals surface area contributed by atoms with Crippen molar-refractivity contribution in [3.8, 4) is 0 Å². The molecule has 3 nitrogen and oxygen atoms in total.